The lowest BCUT2D eigenvalue weighted by Crippen LogP contribution is -2.30. The van der Waals surface area contributed by atoms with Crippen molar-refractivity contribution >= 4 is 11.7 Å². The predicted molar refractivity (Wildman–Crippen MR) is 118 cm³/mol. The minimum atomic E-state index is -0.248. The summed E-state index contributed by atoms with van der Waals surface area (Å²) in [4.78, 5) is 15.9. The van der Waals surface area contributed by atoms with Crippen molar-refractivity contribution in [2.45, 2.75) is 32.9 Å². The van der Waals surface area contributed by atoms with Crippen LogP contribution in [0, 0.1) is 5.82 Å². The number of nitrogens with zero attached hydrogens (tertiary/aromatic N) is 5. The molecule has 0 aliphatic heterocycles. The normalized spacial score (nSPS) is 11.0. The number of anilines is 1. The molecule has 0 atom stereocenters. The number of nitrogens with one attached hydrogen (secondary N) is 2. The zero-order valence-corrected chi connectivity index (χ0v) is 17.9. The van der Waals surface area contributed by atoms with Gasteiger partial charge in [-0.1, -0.05) is 24.3 Å². The fourth-order valence-electron chi connectivity index (χ4n) is 3.09. The molecule has 31 heavy (non-hydrogen) atoms. The van der Waals surface area contributed by atoms with Gasteiger partial charge in [0.2, 0.25) is 5.82 Å². The average molecular weight is 426 g/mol. The Kier molecular flexibility index (Phi) is 8.05. The smallest absolute Gasteiger partial charge is 0.319 e. The van der Waals surface area contributed by atoms with Crippen LogP contribution in [0.2, 0.25) is 0 Å². The van der Waals surface area contributed by atoms with Crippen molar-refractivity contribution in [3.05, 3.63) is 59.9 Å². The molecule has 0 spiro atoms. The number of aryl methyl sites for hydroxylation is 1. The van der Waals surface area contributed by atoms with Gasteiger partial charge in [0.25, 0.3) is 0 Å². The number of halogens is 1. The Morgan fingerprint density at radius 3 is 2.71 bits per heavy atom. The van der Waals surface area contributed by atoms with Crippen LogP contribution in [0.3, 0.4) is 0 Å². The summed E-state index contributed by atoms with van der Waals surface area (Å²) in [5, 5.41) is 18.0. The number of amides is 2. The third kappa shape index (κ3) is 7.14. The minimum Gasteiger partial charge on any atom is -0.338 e. The number of hydrogen-bond acceptors (Lipinski definition) is 5. The maximum Gasteiger partial charge on any atom is 0.319 e. The van der Waals surface area contributed by atoms with Crippen LogP contribution in [-0.4, -0.2) is 51.3 Å². The van der Waals surface area contributed by atoms with E-state index in [1.165, 1.54) is 16.9 Å². The number of rotatable bonds is 10. The molecule has 0 saturated heterocycles. The van der Waals surface area contributed by atoms with Crippen molar-refractivity contribution in [1.82, 2.24) is 30.4 Å². The summed E-state index contributed by atoms with van der Waals surface area (Å²) in [5.74, 6) is 0.305. The molecule has 2 amide bonds. The van der Waals surface area contributed by atoms with Crippen molar-refractivity contribution in [1.29, 1.82) is 0 Å². The Labute approximate surface area is 181 Å². The first kappa shape index (κ1) is 22.4. The van der Waals surface area contributed by atoms with Gasteiger partial charge < -0.3 is 15.5 Å². The van der Waals surface area contributed by atoms with Crippen LogP contribution >= 0.6 is 0 Å². The number of carbonyl (C=O) groups is 1. The lowest BCUT2D eigenvalue weighted by Gasteiger charge is -2.16. The second-order valence-corrected chi connectivity index (χ2v) is 7.33. The van der Waals surface area contributed by atoms with E-state index in [1.54, 1.807) is 12.1 Å². The second kappa shape index (κ2) is 11.2. The number of benzene rings is 2. The molecule has 9 heteroatoms. The van der Waals surface area contributed by atoms with E-state index >= 15 is 0 Å². The quantitative estimate of drug-likeness (QED) is 0.485. The van der Waals surface area contributed by atoms with Crippen LogP contribution in [0.5, 0.6) is 0 Å². The molecular weight excluding hydrogens is 397 g/mol. The largest absolute Gasteiger partial charge is 0.338 e. The first-order valence-electron chi connectivity index (χ1n) is 10.4. The molecule has 8 nitrogen and oxygen atoms in total. The number of urea groups is 1. The molecule has 0 saturated carbocycles. The highest BCUT2D eigenvalue weighted by molar-refractivity contribution is 5.89. The highest BCUT2D eigenvalue weighted by Gasteiger charge is 2.08. The Hall–Kier alpha value is -3.33. The number of carbonyl (C=O) groups excluding carboxylic acids is 1. The van der Waals surface area contributed by atoms with Gasteiger partial charge in [0, 0.05) is 24.3 Å². The monoisotopic (exact) mass is 425 g/mol. The van der Waals surface area contributed by atoms with Crippen LogP contribution in [0.1, 0.15) is 25.3 Å². The Bertz CT molecular complexity index is 974. The van der Waals surface area contributed by atoms with Crippen molar-refractivity contribution in [3.8, 4) is 11.4 Å². The molecular formula is C22H28FN7O. The summed E-state index contributed by atoms with van der Waals surface area (Å²) in [6.07, 6.45) is 1.82. The van der Waals surface area contributed by atoms with Gasteiger partial charge in [-0.05, 0) is 68.4 Å². The Morgan fingerprint density at radius 1 is 1.16 bits per heavy atom. The molecule has 0 radical (unpaired) electrons. The van der Waals surface area contributed by atoms with E-state index in [1.807, 2.05) is 38.2 Å². The summed E-state index contributed by atoms with van der Waals surface area (Å²) in [7, 11) is 2.03. The van der Waals surface area contributed by atoms with Crippen LogP contribution in [0.15, 0.2) is 48.5 Å². The topological polar surface area (TPSA) is 88.0 Å². The number of hydrogen-bond donors (Lipinski definition) is 2. The minimum absolute atomic E-state index is 0.219. The van der Waals surface area contributed by atoms with Gasteiger partial charge in [-0.3, -0.25) is 0 Å². The summed E-state index contributed by atoms with van der Waals surface area (Å²) < 4.78 is 13.0. The lowest BCUT2D eigenvalue weighted by atomic mass is 10.2. The first-order chi connectivity index (χ1) is 15.0. The van der Waals surface area contributed by atoms with Crippen LogP contribution < -0.4 is 10.6 Å². The van der Waals surface area contributed by atoms with Crippen molar-refractivity contribution in [2.24, 2.45) is 0 Å². The van der Waals surface area contributed by atoms with Crippen LogP contribution in [0.25, 0.3) is 11.4 Å². The molecule has 0 fully saturated rings. The fourth-order valence-corrected chi connectivity index (χ4v) is 3.09. The summed E-state index contributed by atoms with van der Waals surface area (Å²) in [6.45, 7) is 4.84. The zero-order valence-electron chi connectivity index (χ0n) is 17.9. The average Bonchev–Trinajstić information content (AvgIpc) is 3.25. The van der Waals surface area contributed by atoms with Gasteiger partial charge in [-0.25, -0.2) is 9.18 Å². The van der Waals surface area contributed by atoms with E-state index < -0.39 is 0 Å². The number of aromatic nitrogens is 4. The van der Waals surface area contributed by atoms with Gasteiger partial charge >= 0.3 is 6.03 Å². The fraction of sp³-hybridized carbons (Fsp3) is 0.364. The number of tetrazole rings is 1. The first-order valence-corrected chi connectivity index (χ1v) is 10.4. The van der Waals surface area contributed by atoms with Crippen molar-refractivity contribution in [2.75, 3.05) is 25.5 Å². The van der Waals surface area contributed by atoms with Gasteiger partial charge in [0.15, 0.2) is 0 Å². The standard InChI is InChI=1S/C22H28FN7O/c1-3-30-27-21(26-28-30)18-7-6-8-20(15-18)25-22(31)24-13-4-5-14-29(2)16-17-9-11-19(23)12-10-17/h6-12,15H,3-5,13-14,16H2,1-2H3,(H2,24,25,31). The Balaban J connectivity index is 1.35. The van der Waals surface area contributed by atoms with E-state index in [2.05, 4.69) is 30.9 Å². The molecule has 2 aromatic carbocycles. The van der Waals surface area contributed by atoms with Gasteiger partial charge in [0.05, 0.1) is 6.54 Å². The third-order valence-electron chi connectivity index (χ3n) is 4.73. The molecule has 3 aromatic rings. The predicted octanol–water partition coefficient (Wildman–Crippen LogP) is 3.53. The summed E-state index contributed by atoms with van der Waals surface area (Å²) in [5.41, 5.74) is 2.54. The van der Waals surface area contributed by atoms with Gasteiger partial charge in [-0.15, -0.1) is 10.2 Å². The van der Waals surface area contributed by atoms with Crippen LogP contribution in [-0.2, 0) is 13.1 Å². The van der Waals surface area contributed by atoms with E-state index in [0.29, 0.717) is 24.6 Å². The highest BCUT2D eigenvalue weighted by atomic mass is 19.1. The lowest BCUT2D eigenvalue weighted by molar-refractivity contribution is 0.251. The molecule has 0 aliphatic rings. The highest BCUT2D eigenvalue weighted by Crippen LogP contribution is 2.18. The maximum absolute atomic E-state index is 13.0. The van der Waals surface area contributed by atoms with Gasteiger partial charge in [-0.2, -0.15) is 4.80 Å². The Morgan fingerprint density at radius 2 is 1.97 bits per heavy atom. The molecule has 1 heterocycles. The zero-order chi connectivity index (χ0) is 22.1. The van der Waals surface area contributed by atoms with E-state index in [0.717, 1.165) is 37.1 Å². The van der Waals surface area contributed by atoms with Crippen molar-refractivity contribution in [3.63, 3.8) is 0 Å². The molecule has 164 valence electrons. The number of unbranched alkanes of at least 4 members (excludes halogenated alkanes) is 1. The molecule has 2 N–H and O–H groups in total. The molecule has 0 bridgehead atoms. The molecule has 0 unspecified atom stereocenters. The molecule has 1 aromatic heterocycles. The van der Waals surface area contributed by atoms with Crippen molar-refractivity contribution < 1.29 is 9.18 Å². The van der Waals surface area contributed by atoms with E-state index in [9.17, 15) is 9.18 Å². The SMILES string of the molecule is CCn1nnc(-c2cccc(NC(=O)NCCCCN(C)Cc3ccc(F)cc3)c2)n1. The summed E-state index contributed by atoms with van der Waals surface area (Å²) in [6, 6.07) is 13.7. The van der Waals surface area contributed by atoms with Crippen LogP contribution in [0.4, 0.5) is 14.9 Å². The van der Waals surface area contributed by atoms with E-state index in [4.69, 9.17) is 0 Å². The maximum atomic E-state index is 13.0. The van der Waals surface area contributed by atoms with E-state index in [-0.39, 0.29) is 11.8 Å². The van der Waals surface area contributed by atoms with Gasteiger partial charge in [0.1, 0.15) is 5.82 Å². The summed E-state index contributed by atoms with van der Waals surface area (Å²) >= 11 is 0. The molecule has 3 rings (SSSR count). The third-order valence-corrected chi connectivity index (χ3v) is 4.73. The molecule has 0 aliphatic carbocycles. The second-order valence-electron chi connectivity index (χ2n) is 7.33.